The molecule has 0 unspecified atom stereocenters. The normalized spacial score (nSPS) is 15.2. The highest BCUT2D eigenvalue weighted by Gasteiger charge is 2.13. The predicted molar refractivity (Wildman–Crippen MR) is 71.1 cm³/mol. The quantitative estimate of drug-likeness (QED) is 0.551. The summed E-state index contributed by atoms with van der Waals surface area (Å²) in [7, 11) is 1.40. The van der Waals surface area contributed by atoms with Crippen LogP contribution in [0.2, 0.25) is 0 Å². The Kier molecular flexibility index (Phi) is 11.4. The minimum Gasteiger partial charge on any atom is -0.468 e. The van der Waals surface area contributed by atoms with Crippen molar-refractivity contribution in [2.75, 3.05) is 26.7 Å². The van der Waals surface area contributed by atoms with E-state index < -0.39 is 0 Å². The van der Waals surface area contributed by atoms with Gasteiger partial charge in [-0.15, -0.1) is 0 Å². The number of methoxy groups -OCH3 is 1. The Bertz CT molecular complexity index is 180. The summed E-state index contributed by atoms with van der Waals surface area (Å²) in [6, 6.07) is 0.704. The van der Waals surface area contributed by atoms with Gasteiger partial charge in [0.05, 0.1) is 13.7 Å². The average molecular weight is 244 g/mol. The molecule has 1 aliphatic carbocycles. The predicted octanol–water partition coefficient (Wildman–Crippen LogP) is 1.70. The van der Waals surface area contributed by atoms with Crippen LogP contribution in [0.25, 0.3) is 0 Å². The SMILES string of the molecule is CCC.COC(=O)CNCCNC1CCCC1. The highest BCUT2D eigenvalue weighted by Crippen LogP contribution is 2.16. The highest BCUT2D eigenvalue weighted by atomic mass is 16.5. The van der Waals surface area contributed by atoms with E-state index in [4.69, 9.17) is 0 Å². The van der Waals surface area contributed by atoms with Crippen LogP contribution in [-0.2, 0) is 9.53 Å². The van der Waals surface area contributed by atoms with E-state index in [0.29, 0.717) is 12.6 Å². The summed E-state index contributed by atoms with van der Waals surface area (Å²) < 4.78 is 4.51. The summed E-state index contributed by atoms with van der Waals surface area (Å²) in [5.41, 5.74) is 0. The van der Waals surface area contributed by atoms with Crippen LogP contribution in [0.1, 0.15) is 46.0 Å². The molecule has 4 nitrogen and oxygen atoms in total. The molecule has 2 N–H and O–H groups in total. The summed E-state index contributed by atoms with van der Waals surface area (Å²) in [6.45, 7) is 6.32. The molecule has 1 saturated carbocycles. The van der Waals surface area contributed by atoms with E-state index in [9.17, 15) is 4.79 Å². The summed E-state index contributed by atoms with van der Waals surface area (Å²) in [5, 5.41) is 6.48. The number of hydrogen-bond acceptors (Lipinski definition) is 4. The van der Waals surface area contributed by atoms with Gasteiger partial charge in [0.2, 0.25) is 0 Å². The first-order chi connectivity index (χ1) is 8.24. The monoisotopic (exact) mass is 244 g/mol. The van der Waals surface area contributed by atoms with Crippen molar-refractivity contribution < 1.29 is 9.53 Å². The molecule has 0 aromatic rings. The molecule has 1 rings (SSSR count). The lowest BCUT2D eigenvalue weighted by Crippen LogP contribution is -2.35. The third kappa shape index (κ3) is 10.3. The molecule has 0 bridgehead atoms. The van der Waals surface area contributed by atoms with Crippen molar-refractivity contribution in [2.24, 2.45) is 0 Å². The number of carbonyl (C=O) groups excluding carboxylic acids is 1. The van der Waals surface area contributed by atoms with Crippen molar-refractivity contribution >= 4 is 5.97 Å². The van der Waals surface area contributed by atoms with E-state index in [0.717, 1.165) is 13.1 Å². The molecule has 0 heterocycles. The van der Waals surface area contributed by atoms with Gasteiger partial charge in [-0.1, -0.05) is 33.1 Å². The van der Waals surface area contributed by atoms with Gasteiger partial charge in [0.25, 0.3) is 0 Å². The van der Waals surface area contributed by atoms with Crippen molar-refractivity contribution in [3.63, 3.8) is 0 Å². The van der Waals surface area contributed by atoms with Gasteiger partial charge in [-0.25, -0.2) is 0 Å². The van der Waals surface area contributed by atoms with Crippen molar-refractivity contribution in [3.05, 3.63) is 0 Å². The maximum atomic E-state index is 10.7. The van der Waals surface area contributed by atoms with E-state index in [1.807, 2.05) is 0 Å². The van der Waals surface area contributed by atoms with Crippen molar-refractivity contribution in [3.8, 4) is 0 Å². The highest BCUT2D eigenvalue weighted by molar-refractivity contribution is 5.71. The van der Waals surface area contributed by atoms with E-state index >= 15 is 0 Å². The molecular weight excluding hydrogens is 216 g/mol. The number of hydrogen-bond donors (Lipinski definition) is 2. The van der Waals surface area contributed by atoms with Crippen LogP contribution in [0, 0.1) is 0 Å². The standard InChI is InChI=1S/C10H20N2O2.C3H8/c1-14-10(13)8-11-6-7-12-9-4-2-3-5-9;1-3-2/h9,11-12H,2-8H2,1H3;3H2,1-2H3. The van der Waals surface area contributed by atoms with Gasteiger partial charge in [0, 0.05) is 19.1 Å². The van der Waals surface area contributed by atoms with E-state index in [2.05, 4.69) is 29.2 Å². The first-order valence-electron chi connectivity index (χ1n) is 6.75. The smallest absolute Gasteiger partial charge is 0.319 e. The lowest BCUT2D eigenvalue weighted by Gasteiger charge is -2.11. The number of nitrogens with one attached hydrogen (secondary N) is 2. The van der Waals surface area contributed by atoms with Gasteiger partial charge in [-0.2, -0.15) is 0 Å². The molecule has 0 saturated heterocycles. The average Bonchev–Trinajstić information content (AvgIpc) is 2.82. The minimum atomic E-state index is -0.203. The van der Waals surface area contributed by atoms with Gasteiger partial charge in [0.15, 0.2) is 0 Å². The number of esters is 1. The van der Waals surface area contributed by atoms with Gasteiger partial charge in [0.1, 0.15) is 0 Å². The lowest BCUT2D eigenvalue weighted by molar-refractivity contribution is -0.139. The molecule has 0 amide bonds. The zero-order valence-electron chi connectivity index (χ0n) is 11.6. The third-order valence-electron chi connectivity index (χ3n) is 2.59. The maximum absolute atomic E-state index is 10.7. The van der Waals surface area contributed by atoms with E-state index in [1.165, 1.54) is 39.2 Å². The first-order valence-corrected chi connectivity index (χ1v) is 6.75. The zero-order chi connectivity index (χ0) is 12.9. The van der Waals surface area contributed by atoms with Crippen LogP contribution in [0.3, 0.4) is 0 Å². The number of ether oxygens (including phenoxy) is 1. The number of rotatable bonds is 6. The lowest BCUT2D eigenvalue weighted by atomic mass is 10.2. The van der Waals surface area contributed by atoms with Gasteiger partial charge >= 0.3 is 5.97 Å². The minimum absolute atomic E-state index is 0.203. The Morgan fingerprint density at radius 3 is 2.35 bits per heavy atom. The van der Waals surface area contributed by atoms with Crippen LogP contribution in [0.15, 0.2) is 0 Å². The molecular formula is C13H28N2O2. The van der Waals surface area contributed by atoms with Crippen molar-refractivity contribution in [1.29, 1.82) is 0 Å². The molecule has 102 valence electrons. The Balaban J connectivity index is 0.000000770. The fourth-order valence-electron chi connectivity index (χ4n) is 1.76. The largest absolute Gasteiger partial charge is 0.468 e. The summed E-state index contributed by atoms with van der Waals surface area (Å²) in [4.78, 5) is 10.7. The molecule has 0 aromatic heterocycles. The van der Waals surface area contributed by atoms with Crippen molar-refractivity contribution in [1.82, 2.24) is 10.6 Å². The van der Waals surface area contributed by atoms with Gasteiger partial charge in [-0.05, 0) is 12.8 Å². The summed E-state index contributed by atoms with van der Waals surface area (Å²) in [6.07, 6.45) is 6.56. The molecule has 0 spiro atoms. The number of carbonyl (C=O) groups is 1. The third-order valence-corrected chi connectivity index (χ3v) is 2.59. The second-order valence-electron chi connectivity index (χ2n) is 4.40. The fraction of sp³-hybridized carbons (Fsp3) is 0.923. The van der Waals surface area contributed by atoms with Crippen LogP contribution in [0.4, 0.5) is 0 Å². The van der Waals surface area contributed by atoms with E-state index in [-0.39, 0.29) is 5.97 Å². The van der Waals surface area contributed by atoms with Crippen molar-refractivity contribution in [2.45, 2.75) is 52.0 Å². The Morgan fingerprint density at radius 1 is 1.24 bits per heavy atom. The topological polar surface area (TPSA) is 50.4 Å². The van der Waals surface area contributed by atoms with Crippen LogP contribution < -0.4 is 10.6 Å². The second-order valence-corrected chi connectivity index (χ2v) is 4.40. The maximum Gasteiger partial charge on any atom is 0.319 e. The molecule has 0 aliphatic heterocycles. The van der Waals surface area contributed by atoms with Gasteiger partial charge in [-0.3, -0.25) is 4.79 Å². The van der Waals surface area contributed by atoms with Crippen LogP contribution >= 0.6 is 0 Å². The Morgan fingerprint density at radius 2 is 1.82 bits per heavy atom. The first kappa shape index (κ1) is 16.4. The van der Waals surface area contributed by atoms with Crippen LogP contribution in [0.5, 0.6) is 0 Å². The Labute approximate surface area is 105 Å². The summed E-state index contributed by atoms with van der Waals surface area (Å²) >= 11 is 0. The Hall–Kier alpha value is -0.610. The molecule has 0 aromatic carbocycles. The molecule has 1 fully saturated rings. The second kappa shape index (κ2) is 11.9. The van der Waals surface area contributed by atoms with E-state index in [1.54, 1.807) is 0 Å². The molecule has 0 atom stereocenters. The molecule has 4 heteroatoms. The fourth-order valence-corrected chi connectivity index (χ4v) is 1.76. The van der Waals surface area contributed by atoms with Gasteiger partial charge < -0.3 is 15.4 Å². The zero-order valence-corrected chi connectivity index (χ0v) is 11.6. The van der Waals surface area contributed by atoms with Crippen LogP contribution in [-0.4, -0.2) is 38.8 Å². The summed E-state index contributed by atoms with van der Waals surface area (Å²) in [5.74, 6) is -0.203. The molecule has 17 heavy (non-hydrogen) atoms. The molecule has 0 radical (unpaired) electrons. The molecule has 1 aliphatic rings.